The Hall–Kier alpha value is -2.23. The highest BCUT2D eigenvalue weighted by atomic mass is 16.1. The number of anilines is 1. The molecule has 0 saturated carbocycles. The van der Waals surface area contributed by atoms with E-state index in [4.69, 9.17) is 0 Å². The van der Waals surface area contributed by atoms with E-state index in [1.54, 1.807) is 12.3 Å². The molecule has 1 heterocycles. The lowest BCUT2D eigenvalue weighted by Crippen LogP contribution is -2.16. The highest BCUT2D eigenvalue weighted by Gasteiger charge is 2.06. The molecule has 1 aromatic carbocycles. The quantitative estimate of drug-likeness (QED) is 0.915. The summed E-state index contributed by atoms with van der Waals surface area (Å²) in [5, 5.41) is 2.81. The topological polar surface area (TPSA) is 54.9 Å². The molecule has 4 nitrogen and oxygen atoms in total. The number of benzene rings is 1. The number of nitrogens with one attached hydrogen (secondary N) is 1. The van der Waals surface area contributed by atoms with Crippen LogP contribution in [0.3, 0.4) is 0 Å². The normalized spacial score (nSPS) is 10.7. The SMILES string of the molecule is CCc1nccc(NC(=O)Cc2ccc(C(C)C)cc2)n1. The van der Waals surface area contributed by atoms with Crippen LogP contribution in [0.15, 0.2) is 36.5 Å². The third kappa shape index (κ3) is 4.38. The van der Waals surface area contributed by atoms with Gasteiger partial charge in [-0.3, -0.25) is 4.79 Å². The molecule has 0 fully saturated rings. The molecule has 0 unspecified atom stereocenters. The third-order valence-electron chi connectivity index (χ3n) is 3.30. The van der Waals surface area contributed by atoms with Gasteiger partial charge in [0.05, 0.1) is 6.42 Å². The zero-order valence-corrected chi connectivity index (χ0v) is 12.8. The Labute approximate surface area is 125 Å². The Morgan fingerprint density at radius 2 is 1.90 bits per heavy atom. The van der Waals surface area contributed by atoms with Crippen LogP contribution in [-0.2, 0) is 17.6 Å². The summed E-state index contributed by atoms with van der Waals surface area (Å²) in [7, 11) is 0. The van der Waals surface area contributed by atoms with Crippen molar-refractivity contribution < 1.29 is 4.79 Å². The number of hydrogen-bond acceptors (Lipinski definition) is 3. The van der Waals surface area contributed by atoms with Gasteiger partial charge < -0.3 is 5.32 Å². The number of hydrogen-bond donors (Lipinski definition) is 1. The van der Waals surface area contributed by atoms with Crippen molar-refractivity contribution in [2.75, 3.05) is 5.32 Å². The molecule has 110 valence electrons. The summed E-state index contributed by atoms with van der Waals surface area (Å²) in [6.07, 6.45) is 2.77. The van der Waals surface area contributed by atoms with Crippen molar-refractivity contribution in [1.82, 2.24) is 9.97 Å². The van der Waals surface area contributed by atoms with Gasteiger partial charge in [-0.05, 0) is 23.1 Å². The first kappa shape index (κ1) is 15.2. The van der Waals surface area contributed by atoms with Crippen LogP contribution in [0.2, 0.25) is 0 Å². The van der Waals surface area contributed by atoms with E-state index in [0.29, 0.717) is 18.2 Å². The largest absolute Gasteiger partial charge is 0.310 e. The van der Waals surface area contributed by atoms with Crippen molar-refractivity contribution in [3.05, 3.63) is 53.5 Å². The van der Waals surface area contributed by atoms with Crippen LogP contribution < -0.4 is 5.32 Å². The maximum Gasteiger partial charge on any atom is 0.229 e. The first-order chi connectivity index (χ1) is 10.1. The van der Waals surface area contributed by atoms with Gasteiger partial charge in [0, 0.05) is 12.6 Å². The van der Waals surface area contributed by atoms with Crippen molar-refractivity contribution in [1.29, 1.82) is 0 Å². The molecule has 1 amide bonds. The summed E-state index contributed by atoms with van der Waals surface area (Å²) in [6, 6.07) is 9.87. The summed E-state index contributed by atoms with van der Waals surface area (Å²) in [6.45, 7) is 6.29. The summed E-state index contributed by atoms with van der Waals surface area (Å²) in [5.41, 5.74) is 2.28. The molecule has 0 bridgehead atoms. The minimum absolute atomic E-state index is 0.0620. The van der Waals surface area contributed by atoms with Crippen LogP contribution in [0.25, 0.3) is 0 Å². The fourth-order valence-electron chi connectivity index (χ4n) is 2.03. The Kier molecular flexibility index (Phi) is 5.04. The number of amides is 1. The van der Waals surface area contributed by atoms with Crippen molar-refractivity contribution in [2.24, 2.45) is 0 Å². The molecule has 1 N–H and O–H groups in total. The van der Waals surface area contributed by atoms with E-state index in [-0.39, 0.29) is 5.91 Å². The minimum Gasteiger partial charge on any atom is -0.310 e. The summed E-state index contributed by atoms with van der Waals surface area (Å²) < 4.78 is 0. The number of nitrogens with zero attached hydrogens (tertiary/aromatic N) is 2. The highest BCUT2D eigenvalue weighted by molar-refractivity contribution is 5.91. The lowest BCUT2D eigenvalue weighted by Gasteiger charge is -2.08. The average Bonchev–Trinajstić information content (AvgIpc) is 2.47. The molecular weight excluding hydrogens is 262 g/mol. The zero-order valence-electron chi connectivity index (χ0n) is 12.8. The molecule has 2 rings (SSSR count). The number of aryl methyl sites for hydroxylation is 1. The van der Waals surface area contributed by atoms with Crippen LogP contribution in [-0.4, -0.2) is 15.9 Å². The zero-order chi connectivity index (χ0) is 15.2. The van der Waals surface area contributed by atoms with Crippen molar-refractivity contribution >= 4 is 11.7 Å². The van der Waals surface area contributed by atoms with Crippen LogP contribution in [0.1, 0.15) is 43.6 Å². The molecule has 0 radical (unpaired) electrons. The molecule has 4 heteroatoms. The molecule has 0 aliphatic rings. The van der Waals surface area contributed by atoms with Gasteiger partial charge in [0.15, 0.2) is 0 Å². The number of rotatable bonds is 5. The Bertz CT molecular complexity index is 606. The van der Waals surface area contributed by atoms with Gasteiger partial charge in [0.25, 0.3) is 0 Å². The predicted octanol–water partition coefficient (Wildman–Crippen LogP) is 3.34. The van der Waals surface area contributed by atoms with Crippen molar-refractivity contribution in [3.63, 3.8) is 0 Å². The summed E-state index contributed by atoms with van der Waals surface area (Å²) in [4.78, 5) is 20.4. The van der Waals surface area contributed by atoms with Gasteiger partial charge in [0.2, 0.25) is 5.91 Å². The second-order valence-corrected chi connectivity index (χ2v) is 5.33. The second-order valence-electron chi connectivity index (χ2n) is 5.33. The first-order valence-electron chi connectivity index (χ1n) is 7.29. The van der Waals surface area contributed by atoms with E-state index < -0.39 is 0 Å². The second kappa shape index (κ2) is 6.97. The van der Waals surface area contributed by atoms with Crippen LogP contribution >= 0.6 is 0 Å². The lowest BCUT2D eigenvalue weighted by atomic mass is 10.0. The number of carbonyl (C=O) groups excluding carboxylic acids is 1. The number of carbonyl (C=O) groups is 1. The lowest BCUT2D eigenvalue weighted by molar-refractivity contribution is -0.115. The molecule has 21 heavy (non-hydrogen) atoms. The van der Waals surface area contributed by atoms with Gasteiger partial charge in [-0.25, -0.2) is 9.97 Å². The molecular formula is C17H21N3O. The fourth-order valence-corrected chi connectivity index (χ4v) is 2.03. The highest BCUT2D eigenvalue weighted by Crippen LogP contribution is 2.15. The Morgan fingerprint density at radius 3 is 2.52 bits per heavy atom. The fraction of sp³-hybridized carbons (Fsp3) is 0.353. The number of aromatic nitrogens is 2. The van der Waals surface area contributed by atoms with Gasteiger partial charge in [-0.2, -0.15) is 0 Å². The maximum atomic E-state index is 12.0. The standard InChI is InChI=1S/C17H21N3O/c1-4-15-18-10-9-16(19-15)20-17(21)11-13-5-7-14(8-6-13)12(2)3/h5-10,12H,4,11H2,1-3H3,(H,18,19,20,21). The van der Waals surface area contributed by atoms with Crippen molar-refractivity contribution in [2.45, 2.75) is 39.5 Å². The summed E-state index contributed by atoms with van der Waals surface area (Å²) >= 11 is 0. The predicted molar refractivity (Wildman–Crippen MR) is 84.3 cm³/mol. The molecule has 0 aliphatic heterocycles. The maximum absolute atomic E-state index is 12.0. The van der Waals surface area contributed by atoms with E-state index in [9.17, 15) is 4.79 Å². The van der Waals surface area contributed by atoms with Gasteiger partial charge in [-0.1, -0.05) is 45.0 Å². The summed E-state index contributed by atoms with van der Waals surface area (Å²) in [5.74, 6) is 1.73. The molecule has 0 atom stereocenters. The van der Waals surface area contributed by atoms with Crippen molar-refractivity contribution in [3.8, 4) is 0 Å². The van der Waals surface area contributed by atoms with Crippen LogP contribution in [0, 0.1) is 0 Å². The monoisotopic (exact) mass is 283 g/mol. The molecule has 1 aromatic heterocycles. The van der Waals surface area contributed by atoms with Crippen LogP contribution in [0.4, 0.5) is 5.82 Å². The third-order valence-corrected chi connectivity index (χ3v) is 3.30. The van der Waals surface area contributed by atoms with E-state index >= 15 is 0 Å². The van der Waals surface area contributed by atoms with E-state index in [2.05, 4.69) is 41.3 Å². The Morgan fingerprint density at radius 1 is 1.19 bits per heavy atom. The first-order valence-corrected chi connectivity index (χ1v) is 7.29. The molecule has 0 saturated heterocycles. The van der Waals surface area contributed by atoms with Gasteiger partial charge in [-0.15, -0.1) is 0 Å². The molecule has 0 aliphatic carbocycles. The van der Waals surface area contributed by atoms with Gasteiger partial charge >= 0.3 is 0 Å². The van der Waals surface area contributed by atoms with E-state index in [1.165, 1.54) is 5.56 Å². The van der Waals surface area contributed by atoms with E-state index in [0.717, 1.165) is 17.8 Å². The van der Waals surface area contributed by atoms with Gasteiger partial charge in [0.1, 0.15) is 11.6 Å². The minimum atomic E-state index is -0.0620. The molecule has 2 aromatic rings. The Balaban J connectivity index is 1.97. The van der Waals surface area contributed by atoms with Crippen LogP contribution in [0.5, 0.6) is 0 Å². The molecule has 0 spiro atoms. The average molecular weight is 283 g/mol. The smallest absolute Gasteiger partial charge is 0.229 e. The van der Waals surface area contributed by atoms with E-state index in [1.807, 2.05) is 19.1 Å².